The Morgan fingerprint density at radius 3 is 2.39 bits per heavy atom. The molecule has 0 saturated carbocycles. The summed E-state index contributed by atoms with van der Waals surface area (Å²) in [6, 6.07) is 18.1. The fraction of sp³-hybridized carbons (Fsp3) is 0.222. The second kappa shape index (κ2) is 8.71. The summed E-state index contributed by atoms with van der Waals surface area (Å²) in [4.78, 5) is 14.4. The summed E-state index contributed by atoms with van der Waals surface area (Å²) in [5.41, 5.74) is 1.36. The smallest absolute Gasteiger partial charge is 0.255 e. The first-order valence-electron chi connectivity index (χ1n) is 7.24. The van der Waals surface area contributed by atoms with Crippen LogP contribution in [0, 0.1) is 11.3 Å². The highest BCUT2D eigenvalue weighted by molar-refractivity contribution is 9.10. The molecular formula is C18H16BrClN2O. The van der Waals surface area contributed by atoms with Crippen LogP contribution in [-0.2, 0) is 0 Å². The minimum atomic E-state index is -0.629. The first-order chi connectivity index (χ1) is 11.2. The Labute approximate surface area is 149 Å². The van der Waals surface area contributed by atoms with E-state index in [1.54, 1.807) is 17.0 Å². The van der Waals surface area contributed by atoms with Crippen molar-refractivity contribution in [2.75, 3.05) is 12.4 Å². The second-order valence-electron chi connectivity index (χ2n) is 4.99. The van der Waals surface area contributed by atoms with E-state index in [9.17, 15) is 10.1 Å². The molecule has 0 heterocycles. The molecule has 118 valence electrons. The molecule has 2 rings (SSSR count). The van der Waals surface area contributed by atoms with Gasteiger partial charge in [-0.15, -0.1) is 11.6 Å². The highest BCUT2D eigenvalue weighted by Crippen LogP contribution is 2.23. The Morgan fingerprint density at radius 1 is 1.17 bits per heavy atom. The molecule has 0 unspecified atom stereocenters. The number of nitriles is 1. The molecule has 0 radical (unpaired) electrons. The van der Waals surface area contributed by atoms with Gasteiger partial charge in [0.15, 0.2) is 0 Å². The molecule has 0 aliphatic rings. The third kappa shape index (κ3) is 4.57. The highest BCUT2D eigenvalue weighted by atomic mass is 79.9. The third-order valence-electron chi connectivity index (χ3n) is 3.43. The lowest BCUT2D eigenvalue weighted by Gasteiger charge is -2.27. The standard InChI is InChI=1S/C18H16BrClN2O/c19-16-9-7-15(8-10-16)18(23)22(12-4-11-20)17(13-21)14-5-2-1-3-6-14/h1-3,5-10,17H,4,11-12H2/t17-/m1/s1. The maximum Gasteiger partial charge on any atom is 0.255 e. The molecule has 23 heavy (non-hydrogen) atoms. The molecule has 0 N–H and O–H groups in total. The average molecular weight is 392 g/mol. The molecule has 1 atom stereocenters. The average Bonchev–Trinajstić information content (AvgIpc) is 2.59. The molecule has 5 heteroatoms. The number of rotatable bonds is 6. The van der Waals surface area contributed by atoms with Gasteiger partial charge in [0.05, 0.1) is 6.07 Å². The van der Waals surface area contributed by atoms with E-state index in [-0.39, 0.29) is 5.91 Å². The monoisotopic (exact) mass is 390 g/mol. The maximum absolute atomic E-state index is 12.9. The van der Waals surface area contributed by atoms with Gasteiger partial charge in [0.25, 0.3) is 5.91 Å². The predicted octanol–water partition coefficient (Wildman–Crippen LogP) is 4.79. The zero-order valence-electron chi connectivity index (χ0n) is 12.5. The van der Waals surface area contributed by atoms with Crippen LogP contribution in [0.15, 0.2) is 59.1 Å². The molecule has 3 nitrogen and oxygen atoms in total. The van der Waals surface area contributed by atoms with Crippen molar-refractivity contribution in [3.8, 4) is 6.07 Å². The van der Waals surface area contributed by atoms with E-state index in [0.717, 1.165) is 10.0 Å². The van der Waals surface area contributed by atoms with Gasteiger partial charge in [0.2, 0.25) is 0 Å². The van der Waals surface area contributed by atoms with Gasteiger partial charge in [-0.2, -0.15) is 5.26 Å². The molecule has 2 aromatic rings. The highest BCUT2D eigenvalue weighted by Gasteiger charge is 2.25. The number of hydrogen-bond donors (Lipinski definition) is 0. The SMILES string of the molecule is N#C[C@H](c1ccccc1)N(CCCCl)C(=O)c1ccc(Br)cc1. The lowest BCUT2D eigenvalue weighted by atomic mass is 10.0. The molecule has 0 aromatic heterocycles. The molecule has 0 spiro atoms. The quantitative estimate of drug-likeness (QED) is 0.665. The topological polar surface area (TPSA) is 44.1 Å². The summed E-state index contributed by atoms with van der Waals surface area (Å²) in [6.45, 7) is 0.436. The van der Waals surface area contributed by atoms with Gasteiger partial charge >= 0.3 is 0 Å². The van der Waals surface area contributed by atoms with Crippen LogP contribution >= 0.6 is 27.5 Å². The van der Waals surface area contributed by atoms with Gasteiger partial charge in [-0.1, -0.05) is 46.3 Å². The van der Waals surface area contributed by atoms with E-state index in [0.29, 0.717) is 24.4 Å². The Hall–Kier alpha value is -1.83. The lowest BCUT2D eigenvalue weighted by Crippen LogP contribution is -2.35. The summed E-state index contributed by atoms with van der Waals surface area (Å²) in [5, 5.41) is 9.60. The van der Waals surface area contributed by atoms with Crippen LogP contribution in [0.4, 0.5) is 0 Å². The fourth-order valence-corrected chi connectivity index (χ4v) is 2.68. The summed E-state index contributed by atoms with van der Waals surface area (Å²) in [5.74, 6) is 0.273. The van der Waals surface area contributed by atoms with Crippen molar-refractivity contribution in [1.82, 2.24) is 4.90 Å². The Morgan fingerprint density at radius 2 is 1.83 bits per heavy atom. The molecule has 2 aromatic carbocycles. The zero-order valence-corrected chi connectivity index (χ0v) is 14.8. The molecule has 1 amide bonds. The first-order valence-corrected chi connectivity index (χ1v) is 8.57. The van der Waals surface area contributed by atoms with E-state index >= 15 is 0 Å². The number of hydrogen-bond acceptors (Lipinski definition) is 2. The van der Waals surface area contributed by atoms with Crippen LogP contribution in [0.5, 0.6) is 0 Å². The van der Waals surface area contributed by atoms with Crippen LogP contribution in [0.25, 0.3) is 0 Å². The molecule has 0 aliphatic heterocycles. The predicted molar refractivity (Wildman–Crippen MR) is 95.3 cm³/mol. The lowest BCUT2D eigenvalue weighted by molar-refractivity contribution is 0.0717. The van der Waals surface area contributed by atoms with Gasteiger partial charge in [0.1, 0.15) is 6.04 Å². The van der Waals surface area contributed by atoms with Crippen molar-refractivity contribution in [3.63, 3.8) is 0 Å². The number of alkyl halides is 1. The van der Waals surface area contributed by atoms with Crippen molar-refractivity contribution < 1.29 is 4.79 Å². The van der Waals surface area contributed by atoms with Crippen molar-refractivity contribution >= 4 is 33.4 Å². The van der Waals surface area contributed by atoms with Crippen LogP contribution in [-0.4, -0.2) is 23.2 Å². The molecule has 0 saturated heterocycles. The number of halogens is 2. The minimum Gasteiger partial charge on any atom is -0.318 e. The number of nitrogens with zero attached hydrogens (tertiary/aromatic N) is 2. The molecule has 0 aliphatic carbocycles. The molecule has 0 fully saturated rings. The van der Waals surface area contributed by atoms with E-state index in [4.69, 9.17) is 11.6 Å². The summed E-state index contributed by atoms with van der Waals surface area (Å²) in [6.07, 6.45) is 0.634. The van der Waals surface area contributed by atoms with Crippen LogP contribution in [0.2, 0.25) is 0 Å². The van der Waals surface area contributed by atoms with E-state index in [1.807, 2.05) is 42.5 Å². The van der Waals surface area contributed by atoms with E-state index in [1.165, 1.54) is 0 Å². The summed E-state index contributed by atoms with van der Waals surface area (Å²) in [7, 11) is 0. The third-order valence-corrected chi connectivity index (χ3v) is 4.23. The number of amides is 1. The first kappa shape index (κ1) is 17.5. The van der Waals surface area contributed by atoms with E-state index < -0.39 is 6.04 Å². The Kier molecular flexibility index (Phi) is 6.64. The van der Waals surface area contributed by atoms with Crippen LogP contribution in [0.3, 0.4) is 0 Å². The second-order valence-corrected chi connectivity index (χ2v) is 6.28. The maximum atomic E-state index is 12.9. The van der Waals surface area contributed by atoms with Gasteiger partial charge in [-0.05, 0) is 36.2 Å². The summed E-state index contributed by atoms with van der Waals surface area (Å²) < 4.78 is 0.904. The van der Waals surface area contributed by atoms with Crippen LogP contribution < -0.4 is 0 Å². The number of benzene rings is 2. The van der Waals surface area contributed by atoms with Gasteiger partial charge in [-0.25, -0.2) is 0 Å². The molecular weight excluding hydrogens is 376 g/mol. The fourth-order valence-electron chi connectivity index (χ4n) is 2.30. The van der Waals surface area contributed by atoms with Crippen LogP contribution in [0.1, 0.15) is 28.4 Å². The van der Waals surface area contributed by atoms with Crippen molar-refractivity contribution in [2.24, 2.45) is 0 Å². The minimum absolute atomic E-state index is 0.169. The molecule has 0 bridgehead atoms. The zero-order chi connectivity index (χ0) is 16.7. The summed E-state index contributed by atoms with van der Waals surface area (Å²) >= 11 is 9.14. The normalized spacial score (nSPS) is 11.5. The number of carbonyl (C=O) groups is 1. The van der Waals surface area contributed by atoms with E-state index in [2.05, 4.69) is 22.0 Å². The Bertz CT molecular complexity index is 682. The van der Waals surface area contributed by atoms with Crippen molar-refractivity contribution in [1.29, 1.82) is 5.26 Å². The Balaban J connectivity index is 2.33. The van der Waals surface area contributed by atoms with Crippen molar-refractivity contribution in [3.05, 3.63) is 70.2 Å². The van der Waals surface area contributed by atoms with Gasteiger partial charge in [-0.3, -0.25) is 4.79 Å². The largest absolute Gasteiger partial charge is 0.318 e. The van der Waals surface area contributed by atoms with Crippen molar-refractivity contribution in [2.45, 2.75) is 12.5 Å². The number of carbonyl (C=O) groups excluding carboxylic acids is 1. The van der Waals surface area contributed by atoms with Gasteiger partial charge in [0, 0.05) is 22.5 Å². The van der Waals surface area contributed by atoms with Gasteiger partial charge < -0.3 is 4.90 Å².